The highest BCUT2D eigenvalue weighted by molar-refractivity contribution is 5.98. The molecule has 1 N–H and O–H groups in total. The second-order valence-corrected chi connectivity index (χ2v) is 0.528. The summed E-state index contributed by atoms with van der Waals surface area (Å²) in [5.74, 6) is -0.444. The van der Waals surface area contributed by atoms with Crippen molar-refractivity contribution >= 4 is 8.05 Å². The summed E-state index contributed by atoms with van der Waals surface area (Å²) < 4.78 is 10.1. The van der Waals surface area contributed by atoms with Gasteiger partial charge in [-0.15, -0.1) is 0 Å². The first-order chi connectivity index (χ1) is 3.35. The van der Waals surface area contributed by atoms with Crippen LogP contribution in [0.3, 0.4) is 0 Å². The van der Waals surface area contributed by atoms with Crippen LogP contribution in [0.1, 0.15) is 1.37 Å². The minimum Gasteiger partial charge on any atom is -0.542 e. The van der Waals surface area contributed by atoms with Crippen molar-refractivity contribution in [3.8, 4) is 0 Å². The van der Waals surface area contributed by atoms with Gasteiger partial charge in [0.25, 0.3) is 5.95 Å². The van der Waals surface area contributed by atoms with Gasteiger partial charge < -0.3 is 9.54 Å². The molecule has 32 valence electrons. The van der Waals surface area contributed by atoms with Gasteiger partial charge in [0.15, 0.2) is 0 Å². The van der Waals surface area contributed by atoms with Crippen molar-refractivity contribution in [2.75, 3.05) is 0 Å². The summed E-state index contributed by atoms with van der Waals surface area (Å²) >= 11 is 0. The van der Waals surface area contributed by atoms with Crippen molar-refractivity contribution in [3.05, 3.63) is 12.5 Å². The molecular weight excluding hydrogens is 82.8 g/mol. The first kappa shape index (κ1) is 3.55. The van der Waals surface area contributed by atoms with E-state index in [1.165, 1.54) is 0 Å². The van der Waals surface area contributed by atoms with Crippen LogP contribution in [-0.4, -0.2) is 13.3 Å². The van der Waals surface area contributed by atoms with Gasteiger partial charge in [-0.1, -0.05) is 0 Å². The highest BCUT2D eigenvalue weighted by Crippen LogP contribution is 1.84. The number of hydrogen-bond acceptors (Lipinski definition) is 3. The number of hydrogen-bond donors (Lipinski definition) is 1. The second-order valence-electron chi connectivity index (χ2n) is 0.528. The van der Waals surface area contributed by atoms with Crippen LogP contribution in [0.2, 0.25) is 0 Å². The summed E-state index contributed by atoms with van der Waals surface area (Å²) in [4.78, 5) is 3.38. The fourth-order valence-electron chi connectivity index (χ4n) is 0.0215. The maximum atomic E-state index is 7.63. The van der Waals surface area contributed by atoms with E-state index in [0.717, 1.165) is 0 Å². The van der Waals surface area contributed by atoms with Gasteiger partial charge in [0, 0.05) is 0 Å². The van der Waals surface area contributed by atoms with Gasteiger partial charge >= 0.3 is 8.05 Å². The Labute approximate surface area is 38.0 Å². The molecule has 0 rings (SSSR count). The Hall–Kier alpha value is -0.635. The molecule has 0 spiro atoms. The van der Waals surface area contributed by atoms with E-state index in [1.807, 2.05) is 0 Å². The fourth-order valence-corrected chi connectivity index (χ4v) is 0.0215. The van der Waals surface area contributed by atoms with Crippen molar-refractivity contribution in [2.45, 2.75) is 0 Å². The van der Waals surface area contributed by atoms with Crippen molar-refractivity contribution in [1.82, 2.24) is 0 Å². The van der Waals surface area contributed by atoms with Gasteiger partial charge in [0.05, 0.1) is 1.37 Å². The Kier molecular flexibility index (Phi) is 1.54. The Morgan fingerprint density at radius 2 is 2.83 bits per heavy atom. The lowest BCUT2D eigenvalue weighted by Crippen LogP contribution is -1.86. The molecule has 0 fully saturated rings. The molecule has 0 aromatic rings. The summed E-state index contributed by atoms with van der Waals surface area (Å²) in [6, 6.07) is 0. The van der Waals surface area contributed by atoms with Gasteiger partial charge in [0.1, 0.15) is 0 Å². The van der Waals surface area contributed by atoms with Gasteiger partial charge in [-0.25, -0.2) is 0 Å². The second kappa shape index (κ2) is 2.59. The molecule has 0 amide bonds. The molecule has 0 saturated heterocycles. The monoisotopic (exact) mass is 87.0 g/mol. The molecule has 0 aromatic heterocycles. The smallest absolute Gasteiger partial charge is 0.378 e. The third-order valence-corrected chi connectivity index (χ3v) is 0.206. The Bertz CT molecular complexity index is 67.3. The molecule has 2 radical (unpaired) electrons. The molecule has 0 aliphatic carbocycles. The zero-order valence-electron chi connectivity index (χ0n) is 3.92. The van der Waals surface area contributed by atoms with E-state index in [2.05, 4.69) is 17.6 Å². The first-order valence-electron chi connectivity index (χ1n) is 1.69. The predicted molar refractivity (Wildman–Crippen MR) is 19.7 cm³/mol. The van der Waals surface area contributed by atoms with Crippen LogP contribution in [0.15, 0.2) is 12.5 Å². The minimum absolute atomic E-state index is 0.444. The lowest BCUT2D eigenvalue weighted by Gasteiger charge is -1.94. The van der Waals surface area contributed by atoms with Crippen LogP contribution in [0, 0.1) is 0 Å². The Morgan fingerprint density at radius 3 is 2.83 bits per heavy atom. The van der Waals surface area contributed by atoms with E-state index in [4.69, 9.17) is 6.63 Å². The molecular formula is C2H3BO3. The van der Waals surface area contributed by atoms with Gasteiger partial charge in [0.2, 0.25) is 0 Å². The SMILES string of the molecule is [2H]C=C(O[B])OO. The van der Waals surface area contributed by atoms with E-state index in [9.17, 15) is 0 Å². The van der Waals surface area contributed by atoms with Crippen LogP contribution in [0.5, 0.6) is 0 Å². The molecule has 0 bridgehead atoms. The van der Waals surface area contributed by atoms with Gasteiger partial charge in [-0.2, -0.15) is 5.26 Å². The van der Waals surface area contributed by atoms with E-state index >= 15 is 0 Å². The van der Waals surface area contributed by atoms with Crippen molar-refractivity contribution < 1.29 is 16.2 Å². The van der Waals surface area contributed by atoms with Crippen LogP contribution in [0.25, 0.3) is 0 Å². The summed E-state index contributed by atoms with van der Waals surface area (Å²) in [6.45, 7) is 0.625. The Morgan fingerprint density at radius 1 is 2.17 bits per heavy atom. The molecule has 0 heterocycles. The van der Waals surface area contributed by atoms with Crippen LogP contribution < -0.4 is 0 Å². The van der Waals surface area contributed by atoms with Crippen LogP contribution >= 0.6 is 0 Å². The van der Waals surface area contributed by atoms with Crippen LogP contribution in [0.4, 0.5) is 0 Å². The molecule has 0 atom stereocenters. The topological polar surface area (TPSA) is 38.7 Å². The van der Waals surface area contributed by atoms with E-state index < -0.39 is 5.95 Å². The highest BCUT2D eigenvalue weighted by Gasteiger charge is 1.80. The Balaban J connectivity index is 3.38. The summed E-state index contributed by atoms with van der Waals surface area (Å²) in [5.41, 5.74) is 0. The van der Waals surface area contributed by atoms with Gasteiger partial charge in [-0.05, 0) is 6.55 Å². The van der Waals surface area contributed by atoms with E-state index in [0.29, 0.717) is 6.55 Å². The standard InChI is InChI=1S/C2H3BO3/c1-2(5-3)6-4/h4H,1H2/i1D. The predicted octanol–water partition coefficient (Wildman–Crippen LogP) is 0.0473. The molecule has 3 nitrogen and oxygen atoms in total. The maximum Gasteiger partial charge on any atom is 0.378 e. The zero-order chi connectivity index (χ0) is 5.70. The van der Waals surface area contributed by atoms with Crippen molar-refractivity contribution in [2.24, 2.45) is 0 Å². The maximum absolute atomic E-state index is 7.63. The zero-order valence-corrected chi connectivity index (χ0v) is 2.92. The third-order valence-electron chi connectivity index (χ3n) is 0.206. The molecule has 0 aliphatic heterocycles. The average Bonchev–Trinajstić information content (AvgIpc) is 1.72. The lowest BCUT2D eigenvalue weighted by molar-refractivity contribution is -0.229. The summed E-state index contributed by atoms with van der Waals surface area (Å²) in [7, 11) is 4.42. The van der Waals surface area contributed by atoms with Crippen molar-refractivity contribution in [3.63, 3.8) is 0 Å². The normalized spacial score (nSPS) is 12.8. The van der Waals surface area contributed by atoms with E-state index in [1.54, 1.807) is 0 Å². The quantitative estimate of drug-likeness (QED) is 0.224. The molecule has 0 aromatic carbocycles. The summed E-state index contributed by atoms with van der Waals surface area (Å²) in [5, 5.41) is 7.63. The molecule has 0 saturated carbocycles. The van der Waals surface area contributed by atoms with Crippen LogP contribution in [-0.2, 0) is 9.54 Å². The average molecular weight is 86.9 g/mol. The number of rotatable bonds is 2. The molecule has 4 heteroatoms. The third kappa shape index (κ3) is 1.66. The summed E-state index contributed by atoms with van der Waals surface area (Å²) in [6.07, 6.45) is 0. The van der Waals surface area contributed by atoms with E-state index in [-0.39, 0.29) is 0 Å². The fraction of sp³-hybridized carbons (Fsp3) is 0. The highest BCUT2D eigenvalue weighted by atomic mass is 17.1. The molecule has 6 heavy (non-hydrogen) atoms. The first-order valence-corrected chi connectivity index (χ1v) is 1.12. The molecule has 0 aliphatic rings. The lowest BCUT2D eigenvalue weighted by atomic mass is 10.6. The molecule has 0 unspecified atom stereocenters. The minimum atomic E-state index is -0.444. The van der Waals surface area contributed by atoms with Crippen molar-refractivity contribution in [1.29, 1.82) is 0 Å². The largest absolute Gasteiger partial charge is 0.542 e. The van der Waals surface area contributed by atoms with Gasteiger partial charge in [-0.3, -0.25) is 0 Å².